The predicted octanol–water partition coefficient (Wildman–Crippen LogP) is 3.47. The number of hydrogen-bond donors (Lipinski definition) is 1. The zero-order valence-electron chi connectivity index (χ0n) is 12.3. The average molecular weight is 323 g/mol. The second kappa shape index (κ2) is 5.36. The maximum Gasteiger partial charge on any atom is 0.181 e. The number of anilines is 1. The first-order valence-corrected chi connectivity index (χ1v) is 7.78. The van der Waals surface area contributed by atoms with Gasteiger partial charge in [0.25, 0.3) is 0 Å². The maximum absolute atomic E-state index is 5.94. The summed E-state index contributed by atoms with van der Waals surface area (Å²) >= 11 is 1.44. The molecule has 3 aromatic heterocycles. The molecule has 114 valence electrons. The van der Waals surface area contributed by atoms with Crippen LogP contribution in [0.3, 0.4) is 0 Å². The molecule has 1 aromatic carbocycles. The van der Waals surface area contributed by atoms with Crippen LogP contribution in [0, 0.1) is 0 Å². The van der Waals surface area contributed by atoms with E-state index < -0.39 is 0 Å². The molecular formula is C16H13N5OS. The lowest BCUT2D eigenvalue weighted by atomic mass is 10.2. The second-order valence-electron chi connectivity index (χ2n) is 5.06. The summed E-state index contributed by atoms with van der Waals surface area (Å²) < 4.78 is 8.68. The van der Waals surface area contributed by atoms with Crippen molar-refractivity contribution >= 4 is 26.7 Å². The fourth-order valence-electron chi connectivity index (χ4n) is 2.31. The molecule has 0 aliphatic carbocycles. The molecule has 2 N–H and O–H groups in total. The molecule has 3 heterocycles. The number of hydrogen-bond acceptors (Lipinski definition) is 6. The van der Waals surface area contributed by atoms with Gasteiger partial charge >= 0.3 is 0 Å². The molecule has 0 bridgehead atoms. The highest BCUT2D eigenvalue weighted by Gasteiger charge is 2.07. The Kier molecular flexibility index (Phi) is 3.20. The molecule has 6 nitrogen and oxygen atoms in total. The van der Waals surface area contributed by atoms with Crippen LogP contribution in [0.15, 0.2) is 48.9 Å². The van der Waals surface area contributed by atoms with Crippen molar-refractivity contribution in [1.82, 2.24) is 19.7 Å². The van der Waals surface area contributed by atoms with E-state index in [1.165, 1.54) is 11.3 Å². The van der Waals surface area contributed by atoms with Crippen molar-refractivity contribution in [2.45, 2.75) is 0 Å². The van der Waals surface area contributed by atoms with E-state index in [4.69, 9.17) is 10.5 Å². The van der Waals surface area contributed by atoms with Gasteiger partial charge in [0.2, 0.25) is 0 Å². The quantitative estimate of drug-likeness (QED) is 0.624. The summed E-state index contributed by atoms with van der Waals surface area (Å²) in [5, 5.41) is 4.72. The summed E-state index contributed by atoms with van der Waals surface area (Å²) in [6.07, 6.45) is 5.41. The zero-order valence-corrected chi connectivity index (χ0v) is 13.1. The zero-order chi connectivity index (χ0) is 15.8. The van der Waals surface area contributed by atoms with Gasteiger partial charge in [-0.1, -0.05) is 11.3 Å². The van der Waals surface area contributed by atoms with E-state index in [1.807, 2.05) is 43.6 Å². The van der Waals surface area contributed by atoms with Crippen LogP contribution in [0.1, 0.15) is 0 Å². The number of nitrogens with two attached hydrogens (primary N) is 1. The number of pyridine rings is 1. The van der Waals surface area contributed by atoms with Crippen molar-refractivity contribution in [2.75, 3.05) is 5.73 Å². The lowest BCUT2D eigenvalue weighted by molar-refractivity contribution is 0.483. The molecule has 0 saturated carbocycles. The Balaban J connectivity index is 1.64. The number of ether oxygens (including phenoxy) is 1. The molecule has 0 radical (unpaired) electrons. The molecule has 0 unspecified atom stereocenters. The van der Waals surface area contributed by atoms with Gasteiger partial charge in [-0.15, -0.1) is 0 Å². The Morgan fingerprint density at radius 3 is 2.87 bits per heavy atom. The van der Waals surface area contributed by atoms with E-state index in [9.17, 15) is 0 Å². The van der Waals surface area contributed by atoms with Gasteiger partial charge in [-0.05, 0) is 18.2 Å². The molecule has 0 aliphatic heterocycles. The maximum atomic E-state index is 5.94. The third-order valence-corrected chi connectivity index (χ3v) is 4.19. The SMILES string of the molecule is Cn1cc(-c2cc(Oc3ccc4nc(N)sc4c3)ccn2)cn1. The summed E-state index contributed by atoms with van der Waals surface area (Å²) in [6, 6.07) is 9.44. The fourth-order valence-corrected chi connectivity index (χ4v) is 3.07. The van der Waals surface area contributed by atoms with E-state index in [2.05, 4.69) is 15.1 Å². The van der Waals surface area contributed by atoms with Gasteiger partial charge in [-0.3, -0.25) is 9.67 Å². The lowest BCUT2D eigenvalue weighted by Crippen LogP contribution is -1.87. The number of aromatic nitrogens is 4. The van der Waals surface area contributed by atoms with Gasteiger partial charge in [0.05, 0.1) is 22.1 Å². The summed E-state index contributed by atoms with van der Waals surface area (Å²) in [6.45, 7) is 0. The Morgan fingerprint density at radius 1 is 1.17 bits per heavy atom. The minimum atomic E-state index is 0.555. The number of nitrogen functional groups attached to an aromatic ring is 1. The highest BCUT2D eigenvalue weighted by Crippen LogP contribution is 2.31. The van der Waals surface area contributed by atoms with Gasteiger partial charge in [0.15, 0.2) is 5.13 Å². The molecule has 23 heavy (non-hydrogen) atoms. The van der Waals surface area contributed by atoms with Crippen molar-refractivity contribution in [2.24, 2.45) is 7.05 Å². The Bertz CT molecular complexity index is 991. The van der Waals surface area contributed by atoms with Crippen molar-refractivity contribution in [3.05, 3.63) is 48.9 Å². The Morgan fingerprint density at radius 2 is 2.04 bits per heavy atom. The highest BCUT2D eigenvalue weighted by atomic mass is 32.1. The van der Waals surface area contributed by atoms with Crippen molar-refractivity contribution < 1.29 is 4.74 Å². The predicted molar refractivity (Wildman–Crippen MR) is 90.5 cm³/mol. The van der Waals surface area contributed by atoms with Gasteiger partial charge < -0.3 is 10.5 Å². The number of rotatable bonds is 3. The van der Waals surface area contributed by atoms with Crippen LogP contribution in [0.4, 0.5) is 5.13 Å². The lowest BCUT2D eigenvalue weighted by Gasteiger charge is -2.06. The summed E-state index contributed by atoms with van der Waals surface area (Å²) in [7, 11) is 1.87. The van der Waals surface area contributed by atoms with Crippen molar-refractivity contribution in [3.63, 3.8) is 0 Å². The molecule has 4 rings (SSSR count). The second-order valence-corrected chi connectivity index (χ2v) is 6.13. The van der Waals surface area contributed by atoms with Crippen molar-refractivity contribution in [1.29, 1.82) is 0 Å². The van der Waals surface area contributed by atoms with Crippen LogP contribution < -0.4 is 10.5 Å². The van der Waals surface area contributed by atoms with Crippen LogP contribution in [-0.4, -0.2) is 19.7 Å². The van der Waals surface area contributed by atoms with E-state index in [0.717, 1.165) is 33.0 Å². The van der Waals surface area contributed by atoms with Crippen LogP contribution in [0.5, 0.6) is 11.5 Å². The smallest absolute Gasteiger partial charge is 0.181 e. The minimum Gasteiger partial charge on any atom is -0.457 e. The van der Waals surface area contributed by atoms with E-state index in [-0.39, 0.29) is 0 Å². The first-order chi connectivity index (χ1) is 11.2. The molecular weight excluding hydrogens is 310 g/mol. The molecule has 0 spiro atoms. The molecule has 4 aromatic rings. The van der Waals surface area contributed by atoms with E-state index in [0.29, 0.717) is 5.13 Å². The number of benzene rings is 1. The minimum absolute atomic E-state index is 0.555. The van der Waals surface area contributed by atoms with Gasteiger partial charge in [0, 0.05) is 37.1 Å². The van der Waals surface area contributed by atoms with E-state index >= 15 is 0 Å². The molecule has 0 amide bonds. The summed E-state index contributed by atoms with van der Waals surface area (Å²) in [4.78, 5) is 8.60. The van der Waals surface area contributed by atoms with Crippen LogP contribution in [0.2, 0.25) is 0 Å². The molecule has 0 aliphatic rings. The number of aryl methyl sites for hydroxylation is 1. The normalized spacial score (nSPS) is 11.0. The topological polar surface area (TPSA) is 78.9 Å². The number of thiazole rings is 1. The summed E-state index contributed by atoms with van der Waals surface area (Å²) in [5.41, 5.74) is 8.38. The standard InChI is InChI=1S/C16H13N5OS/c1-21-9-10(8-19-21)14-6-12(4-5-18-14)22-11-2-3-13-15(7-11)23-16(17)20-13/h2-9H,1H3,(H2,17,20). The van der Waals surface area contributed by atoms with Crippen molar-refractivity contribution in [3.8, 4) is 22.8 Å². The van der Waals surface area contributed by atoms with Crippen LogP contribution >= 0.6 is 11.3 Å². The van der Waals surface area contributed by atoms with Crippen LogP contribution in [-0.2, 0) is 7.05 Å². The fraction of sp³-hybridized carbons (Fsp3) is 0.0625. The average Bonchev–Trinajstić information content (AvgIpc) is 3.12. The largest absolute Gasteiger partial charge is 0.457 e. The molecule has 0 atom stereocenters. The Hall–Kier alpha value is -2.93. The molecule has 0 saturated heterocycles. The van der Waals surface area contributed by atoms with Crippen LogP contribution in [0.25, 0.3) is 21.5 Å². The molecule has 0 fully saturated rings. The molecule has 7 heteroatoms. The monoisotopic (exact) mass is 323 g/mol. The number of fused-ring (bicyclic) bond motifs is 1. The van der Waals surface area contributed by atoms with Gasteiger partial charge in [-0.2, -0.15) is 5.10 Å². The first-order valence-electron chi connectivity index (χ1n) is 6.96. The Labute approximate surface area is 136 Å². The number of nitrogens with zero attached hydrogens (tertiary/aromatic N) is 4. The summed E-state index contributed by atoms with van der Waals surface area (Å²) in [5.74, 6) is 1.46. The third kappa shape index (κ3) is 2.74. The third-order valence-electron chi connectivity index (χ3n) is 3.34. The van der Waals surface area contributed by atoms with Gasteiger partial charge in [0.1, 0.15) is 11.5 Å². The highest BCUT2D eigenvalue weighted by molar-refractivity contribution is 7.22. The van der Waals surface area contributed by atoms with E-state index in [1.54, 1.807) is 17.1 Å². The first kappa shape index (κ1) is 13.7. The van der Waals surface area contributed by atoms with Gasteiger partial charge in [-0.25, -0.2) is 4.98 Å².